The van der Waals surface area contributed by atoms with E-state index < -0.39 is 23.4 Å². The maximum atomic E-state index is 12.1. The Morgan fingerprint density at radius 1 is 1.37 bits per heavy atom. The quantitative estimate of drug-likeness (QED) is 0.289. The number of thiophene rings is 1. The molecule has 0 atom stereocenters. The summed E-state index contributed by atoms with van der Waals surface area (Å²) in [5.74, 6) is -1.83. The van der Waals surface area contributed by atoms with Crippen molar-refractivity contribution in [1.82, 2.24) is 9.97 Å². The standard InChI is InChI=1S/C16H15N3O6S2/c1-4-5-25-15(23)10-7(2)9(14(22)24-3)13(27-10)17-6-8-11(20)18-16(26)19-12(8)21/h4,6H,1,5H2,2-3H3,(H3,18,19,20,21,26)/b17-6+. The third-order valence-corrected chi connectivity index (χ3v) is 4.69. The van der Waals surface area contributed by atoms with E-state index >= 15 is 0 Å². The summed E-state index contributed by atoms with van der Waals surface area (Å²) in [6, 6.07) is 0. The Hall–Kier alpha value is -3.05. The van der Waals surface area contributed by atoms with Crippen molar-refractivity contribution in [2.75, 3.05) is 13.7 Å². The molecule has 11 heteroatoms. The molecule has 0 unspecified atom stereocenters. The van der Waals surface area contributed by atoms with Crippen LogP contribution in [-0.2, 0) is 9.47 Å². The Kier molecular flexibility index (Phi) is 6.42. The molecule has 3 N–H and O–H groups in total. The third-order valence-electron chi connectivity index (χ3n) is 3.31. The lowest BCUT2D eigenvalue weighted by atomic mass is 10.1. The fourth-order valence-corrected chi connectivity index (χ4v) is 3.28. The van der Waals surface area contributed by atoms with Crippen LogP contribution in [0.5, 0.6) is 5.88 Å². The van der Waals surface area contributed by atoms with Gasteiger partial charge in [-0.2, -0.15) is 0 Å². The molecule has 2 heterocycles. The van der Waals surface area contributed by atoms with Crippen LogP contribution in [0.3, 0.4) is 0 Å². The fraction of sp³-hybridized carbons (Fsp3) is 0.188. The second-order valence-electron chi connectivity index (χ2n) is 5.04. The van der Waals surface area contributed by atoms with E-state index in [4.69, 9.17) is 21.7 Å². The zero-order valence-corrected chi connectivity index (χ0v) is 16.0. The van der Waals surface area contributed by atoms with Gasteiger partial charge in [0.1, 0.15) is 27.6 Å². The molecule has 2 aromatic rings. The number of esters is 2. The minimum Gasteiger partial charge on any atom is -0.494 e. The SMILES string of the molecule is C=CCOC(=O)c1sc(/N=C/c2c(O)[nH]c(=S)[nH]c2=O)c(C(=O)OC)c1C. The molecule has 0 aliphatic heterocycles. The number of H-pyrrole nitrogens is 2. The van der Waals surface area contributed by atoms with Crippen molar-refractivity contribution in [3.05, 3.63) is 49.3 Å². The zero-order valence-electron chi connectivity index (χ0n) is 14.3. The summed E-state index contributed by atoms with van der Waals surface area (Å²) < 4.78 is 9.68. The topological polar surface area (TPSA) is 134 Å². The molecule has 0 aliphatic carbocycles. The van der Waals surface area contributed by atoms with E-state index in [2.05, 4.69) is 21.5 Å². The van der Waals surface area contributed by atoms with Gasteiger partial charge in [0.15, 0.2) is 4.77 Å². The van der Waals surface area contributed by atoms with Crippen molar-refractivity contribution in [2.24, 2.45) is 4.99 Å². The van der Waals surface area contributed by atoms with E-state index in [1.807, 2.05) is 0 Å². The van der Waals surface area contributed by atoms with Crippen LogP contribution >= 0.6 is 23.6 Å². The number of hydrogen-bond acceptors (Lipinski definition) is 9. The molecule has 2 rings (SSSR count). The first-order valence-electron chi connectivity index (χ1n) is 7.39. The van der Waals surface area contributed by atoms with E-state index in [1.54, 1.807) is 6.92 Å². The maximum Gasteiger partial charge on any atom is 0.348 e. The van der Waals surface area contributed by atoms with Crippen molar-refractivity contribution in [1.29, 1.82) is 0 Å². The van der Waals surface area contributed by atoms with Crippen LogP contribution in [0.1, 0.15) is 31.2 Å². The van der Waals surface area contributed by atoms with Crippen LogP contribution < -0.4 is 5.56 Å². The Morgan fingerprint density at radius 2 is 2.07 bits per heavy atom. The molecule has 0 aromatic carbocycles. The summed E-state index contributed by atoms with van der Waals surface area (Å²) in [4.78, 5) is 45.0. The van der Waals surface area contributed by atoms with Crippen LogP contribution in [0.15, 0.2) is 22.4 Å². The highest BCUT2D eigenvalue weighted by Gasteiger charge is 2.25. The van der Waals surface area contributed by atoms with Crippen molar-refractivity contribution in [3.63, 3.8) is 0 Å². The van der Waals surface area contributed by atoms with Gasteiger partial charge in [-0.1, -0.05) is 12.7 Å². The van der Waals surface area contributed by atoms with E-state index in [9.17, 15) is 19.5 Å². The van der Waals surface area contributed by atoms with Gasteiger partial charge in [0, 0.05) is 6.21 Å². The Bertz CT molecular complexity index is 1050. The van der Waals surface area contributed by atoms with Gasteiger partial charge >= 0.3 is 11.9 Å². The second kappa shape index (κ2) is 8.56. The molecular weight excluding hydrogens is 394 g/mol. The number of carbonyl (C=O) groups is 2. The lowest BCUT2D eigenvalue weighted by molar-refractivity contribution is 0.0554. The number of aromatic hydroxyl groups is 1. The third kappa shape index (κ3) is 4.38. The molecule has 0 fully saturated rings. The van der Waals surface area contributed by atoms with Gasteiger partial charge in [-0.3, -0.25) is 9.78 Å². The van der Waals surface area contributed by atoms with Crippen LogP contribution in [0.25, 0.3) is 0 Å². The minimum absolute atomic E-state index is 0.00877. The molecule has 0 aliphatic rings. The van der Waals surface area contributed by atoms with Gasteiger partial charge in [0.25, 0.3) is 5.56 Å². The number of rotatable bonds is 6. The molecule has 0 saturated heterocycles. The summed E-state index contributed by atoms with van der Waals surface area (Å²) in [7, 11) is 1.19. The van der Waals surface area contributed by atoms with Crippen LogP contribution in [0, 0.1) is 11.7 Å². The largest absolute Gasteiger partial charge is 0.494 e. The van der Waals surface area contributed by atoms with E-state index in [0.717, 1.165) is 17.6 Å². The zero-order chi connectivity index (χ0) is 20.1. The fourth-order valence-electron chi connectivity index (χ4n) is 2.05. The molecule has 0 radical (unpaired) electrons. The Balaban J connectivity index is 2.54. The molecule has 142 valence electrons. The predicted octanol–water partition coefficient (Wildman–Crippen LogP) is 2.39. The lowest BCUT2D eigenvalue weighted by Crippen LogP contribution is -2.13. The number of nitrogens with zero attached hydrogens (tertiary/aromatic N) is 1. The van der Waals surface area contributed by atoms with Gasteiger partial charge in [-0.15, -0.1) is 11.3 Å². The molecule has 0 spiro atoms. The molecule has 9 nitrogen and oxygen atoms in total. The summed E-state index contributed by atoms with van der Waals surface area (Å²) in [5, 5.41) is 9.93. The summed E-state index contributed by atoms with van der Waals surface area (Å²) in [6.07, 6.45) is 2.46. The predicted molar refractivity (Wildman–Crippen MR) is 102 cm³/mol. The molecule has 0 amide bonds. The number of nitrogens with one attached hydrogen (secondary N) is 2. The smallest absolute Gasteiger partial charge is 0.348 e. The monoisotopic (exact) mass is 409 g/mol. The summed E-state index contributed by atoms with van der Waals surface area (Å²) >= 11 is 5.64. The first-order valence-corrected chi connectivity index (χ1v) is 8.62. The number of carbonyl (C=O) groups excluding carboxylic acids is 2. The first-order chi connectivity index (χ1) is 12.8. The Labute approximate surface area is 162 Å². The average molecular weight is 409 g/mol. The summed E-state index contributed by atoms with van der Waals surface area (Å²) in [5.41, 5.74) is -0.470. The first kappa shape index (κ1) is 20.3. The second-order valence-corrected chi connectivity index (χ2v) is 6.45. The van der Waals surface area contributed by atoms with Crippen molar-refractivity contribution in [3.8, 4) is 5.88 Å². The molecule has 0 bridgehead atoms. The van der Waals surface area contributed by atoms with Crippen LogP contribution in [-0.4, -0.2) is 46.9 Å². The normalized spacial score (nSPS) is 10.7. The van der Waals surface area contributed by atoms with E-state index in [0.29, 0.717) is 5.56 Å². The number of methoxy groups -OCH3 is 1. The summed E-state index contributed by atoms with van der Waals surface area (Å²) in [6.45, 7) is 5.02. The van der Waals surface area contributed by atoms with Crippen molar-refractivity contribution < 1.29 is 24.2 Å². The maximum absolute atomic E-state index is 12.1. The molecule has 0 saturated carbocycles. The number of aromatic amines is 2. The number of ether oxygens (including phenoxy) is 2. The highest BCUT2D eigenvalue weighted by molar-refractivity contribution is 7.71. The number of aromatic nitrogens is 2. The van der Waals surface area contributed by atoms with Crippen LogP contribution in [0.4, 0.5) is 5.00 Å². The van der Waals surface area contributed by atoms with Gasteiger partial charge in [-0.25, -0.2) is 14.6 Å². The van der Waals surface area contributed by atoms with E-state index in [1.165, 1.54) is 13.2 Å². The van der Waals surface area contributed by atoms with E-state index in [-0.39, 0.29) is 32.4 Å². The highest BCUT2D eigenvalue weighted by Crippen LogP contribution is 2.36. The number of aliphatic imine (C=N–C) groups is 1. The number of hydrogen-bond donors (Lipinski definition) is 3. The van der Waals surface area contributed by atoms with Gasteiger partial charge in [0.2, 0.25) is 5.88 Å². The van der Waals surface area contributed by atoms with Gasteiger partial charge in [-0.05, 0) is 24.7 Å². The minimum atomic E-state index is -0.704. The van der Waals surface area contributed by atoms with Gasteiger partial charge < -0.3 is 19.6 Å². The Morgan fingerprint density at radius 3 is 2.67 bits per heavy atom. The average Bonchev–Trinajstić information content (AvgIpc) is 2.94. The molecule has 2 aromatic heterocycles. The van der Waals surface area contributed by atoms with Crippen molar-refractivity contribution in [2.45, 2.75) is 6.92 Å². The van der Waals surface area contributed by atoms with Crippen molar-refractivity contribution >= 4 is 46.7 Å². The molecular formula is C16H15N3O6S2. The van der Waals surface area contributed by atoms with Crippen LogP contribution in [0.2, 0.25) is 0 Å². The lowest BCUT2D eigenvalue weighted by Gasteiger charge is -2.01. The highest BCUT2D eigenvalue weighted by atomic mass is 32.1. The van der Waals surface area contributed by atoms with Gasteiger partial charge in [0.05, 0.1) is 7.11 Å². The molecule has 27 heavy (non-hydrogen) atoms.